The molecule has 0 aliphatic heterocycles. The summed E-state index contributed by atoms with van der Waals surface area (Å²) in [4.78, 5) is 0. The van der Waals surface area contributed by atoms with Gasteiger partial charge in [-0.2, -0.15) is 0 Å². The molecule has 19 heavy (non-hydrogen) atoms. The number of ether oxygens (including phenoxy) is 1. The van der Waals surface area contributed by atoms with Gasteiger partial charge in [-0.05, 0) is 36.9 Å². The summed E-state index contributed by atoms with van der Waals surface area (Å²) in [5.41, 5.74) is 2.00. The van der Waals surface area contributed by atoms with Crippen molar-refractivity contribution in [1.29, 1.82) is 0 Å². The van der Waals surface area contributed by atoms with Gasteiger partial charge < -0.3 is 10.1 Å². The predicted molar refractivity (Wildman–Crippen MR) is 78.0 cm³/mol. The van der Waals surface area contributed by atoms with E-state index in [2.05, 4.69) is 21.2 Å². The highest BCUT2D eigenvalue weighted by atomic mass is 79.9. The van der Waals surface area contributed by atoms with Crippen LogP contribution in [0.25, 0.3) is 0 Å². The molecule has 0 radical (unpaired) electrons. The van der Waals surface area contributed by atoms with Crippen LogP contribution in [0.5, 0.6) is 5.75 Å². The van der Waals surface area contributed by atoms with E-state index in [1.807, 2.05) is 25.2 Å². The van der Waals surface area contributed by atoms with Gasteiger partial charge >= 0.3 is 0 Å². The normalized spacial score (nSPS) is 12.2. The summed E-state index contributed by atoms with van der Waals surface area (Å²) in [5, 5.41) is 3.23. The van der Waals surface area contributed by atoms with E-state index in [1.165, 1.54) is 12.1 Å². The van der Waals surface area contributed by atoms with Gasteiger partial charge in [0.25, 0.3) is 0 Å². The van der Waals surface area contributed by atoms with Gasteiger partial charge in [-0.15, -0.1) is 0 Å². The van der Waals surface area contributed by atoms with Crippen LogP contribution >= 0.6 is 15.9 Å². The zero-order chi connectivity index (χ0) is 13.8. The highest BCUT2D eigenvalue weighted by Gasteiger charge is 2.16. The number of benzene rings is 2. The minimum absolute atomic E-state index is 0.0383. The van der Waals surface area contributed by atoms with E-state index in [9.17, 15) is 4.39 Å². The highest BCUT2D eigenvalue weighted by molar-refractivity contribution is 9.10. The molecule has 0 fully saturated rings. The lowest BCUT2D eigenvalue weighted by Gasteiger charge is -2.20. The second-order valence-electron chi connectivity index (χ2n) is 4.16. The lowest BCUT2D eigenvalue weighted by molar-refractivity contribution is 0.405. The Bertz CT molecular complexity index is 557. The van der Waals surface area contributed by atoms with Crippen LogP contribution in [0.15, 0.2) is 46.9 Å². The average Bonchev–Trinajstić information content (AvgIpc) is 2.43. The van der Waals surface area contributed by atoms with Crippen molar-refractivity contribution in [3.8, 4) is 5.75 Å². The first-order valence-corrected chi connectivity index (χ1v) is 6.71. The molecule has 100 valence electrons. The molecule has 0 heterocycles. The summed E-state index contributed by atoms with van der Waals surface area (Å²) >= 11 is 3.42. The molecule has 0 spiro atoms. The Labute approximate surface area is 120 Å². The maximum atomic E-state index is 13.0. The molecule has 0 saturated heterocycles. The summed E-state index contributed by atoms with van der Waals surface area (Å²) in [6.45, 7) is 0. The number of hydrogen-bond donors (Lipinski definition) is 1. The quantitative estimate of drug-likeness (QED) is 0.921. The summed E-state index contributed by atoms with van der Waals surface area (Å²) in [7, 11) is 3.51. The maximum absolute atomic E-state index is 13.0. The third-order valence-corrected chi connectivity index (χ3v) is 3.49. The van der Waals surface area contributed by atoms with E-state index >= 15 is 0 Å². The fraction of sp³-hybridized carbons (Fsp3) is 0.200. The van der Waals surface area contributed by atoms with Gasteiger partial charge in [-0.25, -0.2) is 4.39 Å². The second kappa shape index (κ2) is 6.17. The van der Waals surface area contributed by atoms with Gasteiger partial charge in [0.1, 0.15) is 11.6 Å². The number of methoxy groups -OCH3 is 1. The third kappa shape index (κ3) is 3.14. The smallest absolute Gasteiger partial charge is 0.125 e. The van der Waals surface area contributed by atoms with E-state index < -0.39 is 0 Å². The average molecular weight is 324 g/mol. The third-order valence-electron chi connectivity index (χ3n) is 3.00. The largest absolute Gasteiger partial charge is 0.496 e. The van der Waals surface area contributed by atoms with Gasteiger partial charge in [-0.1, -0.05) is 34.1 Å². The maximum Gasteiger partial charge on any atom is 0.125 e. The molecule has 0 bridgehead atoms. The van der Waals surface area contributed by atoms with Crippen LogP contribution in [-0.4, -0.2) is 14.2 Å². The zero-order valence-electron chi connectivity index (χ0n) is 10.8. The molecule has 4 heteroatoms. The van der Waals surface area contributed by atoms with Crippen molar-refractivity contribution >= 4 is 15.9 Å². The molecule has 0 amide bonds. The summed E-state index contributed by atoms with van der Waals surface area (Å²) < 4.78 is 19.4. The Balaban J connectivity index is 2.44. The van der Waals surface area contributed by atoms with Crippen LogP contribution in [0.2, 0.25) is 0 Å². The van der Waals surface area contributed by atoms with E-state index in [-0.39, 0.29) is 11.9 Å². The van der Waals surface area contributed by atoms with Crippen LogP contribution in [0.3, 0.4) is 0 Å². The highest BCUT2D eigenvalue weighted by Crippen LogP contribution is 2.32. The predicted octanol–water partition coefficient (Wildman–Crippen LogP) is 3.91. The van der Waals surface area contributed by atoms with Crippen LogP contribution in [0.1, 0.15) is 17.2 Å². The van der Waals surface area contributed by atoms with E-state index in [4.69, 9.17) is 4.74 Å². The molecule has 2 aromatic rings. The topological polar surface area (TPSA) is 21.3 Å². The minimum atomic E-state index is -0.235. The summed E-state index contributed by atoms with van der Waals surface area (Å²) in [6, 6.07) is 12.3. The standard InChI is InChI=1S/C15H15BrFNO/c1-18-15(10-3-6-12(17)7-4-10)13-8-5-11(16)9-14(13)19-2/h3-9,15,18H,1-2H3. The van der Waals surface area contributed by atoms with Crippen LogP contribution in [0, 0.1) is 5.82 Å². The molecule has 2 rings (SSSR count). The van der Waals surface area contributed by atoms with Crippen LogP contribution in [-0.2, 0) is 0 Å². The first kappa shape index (κ1) is 14.0. The van der Waals surface area contributed by atoms with Crippen molar-refractivity contribution in [3.63, 3.8) is 0 Å². The first-order valence-electron chi connectivity index (χ1n) is 5.92. The van der Waals surface area contributed by atoms with E-state index in [0.29, 0.717) is 0 Å². The fourth-order valence-corrected chi connectivity index (χ4v) is 2.42. The molecule has 0 aliphatic rings. The van der Waals surface area contributed by atoms with Crippen molar-refractivity contribution in [3.05, 3.63) is 63.9 Å². The van der Waals surface area contributed by atoms with Gasteiger partial charge in [-0.3, -0.25) is 0 Å². The van der Waals surface area contributed by atoms with Crippen molar-refractivity contribution in [2.24, 2.45) is 0 Å². The van der Waals surface area contributed by atoms with Crippen LogP contribution in [0.4, 0.5) is 4.39 Å². The van der Waals surface area contributed by atoms with Gasteiger partial charge in [0.05, 0.1) is 13.2 Å². The van der Waals surface area contributed by atoms with Crippen molar-refractivity contribution in [2.45, 2.75) is 6.04 Å². The molecule has 2 nitrogen and oxygen atoms in total. The second-order valence-corrected chi connectivity index (χ2v) is 5.08. The summed E-state index contributed by atoms with van der Waals surface area (Å²) in [6.07, 6.45) is 0. The minimum Gasteiger partial charge on any atom is -0.496 e. The summed E-state index contributed by atoms with van der Waals surface area (Å²) in [5.74, 6) is 0.555. The lowest BCUT2D eigenvalue weighted by atomic mass is 9.98. The van der Waals surface area contributed by atoms with Gasteiger partial charge in [0.15, 0.2) is 0 Å². The monoisotopic (exact) mass is 323 g/mol. The van der Waals surface area contributed by atoms with Crippen LogP contribution < -0.4 is 10.1 Å². The molecule has 0 aliphatic carbocycles. The number of nitrogens with one attached hydrogen (secondary N) is 1. The molecule has 0 saturated carbocycles. The molecule has 2 aromatic carbocycles. The molecule has 1 unspecified atom stereocenters. The molecule has 1 N–H and O–H groups in total. The number of hydrogen-bond acceptors (Lipinski definition) is 2. The Hall–Kier alpha value is -1.39. The van der Waals surface area contributed by atoms with Crippen molar-refractivity contribution < 1.29 is 9.13 Å². The molecule has 0 aromatic heterocycles. The Morgan fingerprint density at radius 1 is 1.16 bits per heavy atom. The number of halogens is 2. The molecular weight excluding hydrogens is 309 g/mol. The Morgan fingerprint density at radius 3 is 2.42 bits per heavy atom. The van der Waals surface area contributed by atoms with Crippen molar-refractivity contribution in [1.82, 2.24) is 5.32 Å². The van der Waals surface area contributed by atoms with Gasteiger partial charge in [0.2, 0.25) is 0 Å². The lowest BCUT2D eigenvalue weighted by Crippen LogP contribution is -2.18. The number of rotatable bonds is 4. The van der Waals surface area contributed by atoms with E-state index in [0.717, 1.165) is 21.3 Å². The molecule has 1 atom stereocenters. The Morgan fingerprint density at radius 2 is 1.84 bits per heavy atom. The Kier molecular flexibility index (Phi) is 4.56. The van der Waals surface area contributed by atoms with Crippen molar-refractivity contribution in [2.75, 3.05) is 14.2 Å². The fourth-order valence-electron chi connectivity index (χ4n) is 2.08. The first-order chi connectivity index (χ1) is 9.15. The van der Waals surface area contributed by atoms with Gasteiger partial charge in [0, 0.05) is 10.0 Å². The zero-order valence-corrected chi connectivity index (χ0v) is 12.4. The molecular formula is C15H15BrFNO. The SMILES string of the molecule is CNC(c1ccc(F)cc1)c1ccc(Br)cc1OC. The van der Waals surface area contributed by atoms with E-state index in [1.54, 1.807) is 19.2 Å².